The molecule has 0 aromatic heterocycles. The number of esters is 1. The van der Waals surface area contributed by atoms with Crippen LogP contribution in [0.4, 0.5) is 17.1 Å². The normalized spacial score (nSPS) is 14.6. The highest BCUT2D eigenvalue weighted by Gasteiger charge is 2.32. The lowest BCUT2D eigenvalue weighted by atomic mass is 10.1. The summed E-state index contributed by atoms with van der Waals surface area (Å²) in [5, 5.41) is 9.67. The van der Waals surface area contributed by atoms with Gasteiger partial charge in [-0.05, 0) is 42.3 Å². The van der Waals surface area contributed by atoms with E-state index in [2.05, 4.69) is 0 Å². The number of hydrogen-bond donors (Lipinski definition) is 0. The monoisotopic (exact) mass is 466 g/mol. The first-order chi connectivity index (χ1) is 15.6. The number of sulfonamides is 1. The molecule has 2 heterocycles. The van der Waals surface area contributed by atoms with Crippen LogP contribution in [0.3, 0.4) is 0 Å². The number of Topliss-reactive ketones (excluding diaryl/α,β-unsaturated/α-hetero) is 1. The smallest absolute Gasteiger partial charge is 0.338 e. The molecule has 0 aliphatic carbocycles. The number of fused-ring (bicyclic) bond motifs is 2. The number of carbonyl (C=O) groups is 2. The van der Waals surface area contributed by atoms with E-state index in [0.717, 1.165) is 17.6 Å². The van der Waals surface area contributed by atoms with E-state index in [1.54, 1.807) is 36.0 Å². The molecule has 2 aliphatic heterocycles. The first kappa shape index (κ1) is 22.4. The topological polar surface area (TPSA) is 111 Å². The lowest BCUT2D eigenvalue weighted by Gasteiger charge is -2.19. The minimum absolute atomic E-state index is 0.109. The Morgan fingerprint density at radius 1 is 1.06 bits per heavy atom. The van der Waals surface area contributed by atoms with E-state index in [9.17, 15) is 23.3 Å². The molecule has 9 nitrogen and oxygen atoms in total. The van der Waals surface area contributed by atoms with Crippen molar-refractivity contribution in [3.8, 4) is 6.07 Å². The highest BCUT2D eigenvalue weighted by Crippen LogP contribution is 2.40. The molecular weight excluding hydrogens is 444 g/mol. The van der Waals surface area contributed by atoms with Gasteiger partial charge in [-0.15, -0.1) is 0 Å². The Balaban J connectivity index is 1.50. The Labute approximate surface area is 192 Å². The maximum atomic E-state index is 12.8. The summed E-state index contributed by atoms with van der Waals surface area (Å²) < 4.78 is 30.2. The first-order valence-electron chi connectivity index (χ1n) is 10.1. The van der Waals surface area contributed by atoms with Crippen LogP contribution >= 0.6 is 0 Å². The molecule has 0 fully saturated rings. The summed E-state index contributed by atoms with van der Waals surface area (Å²) in [7, 11) is 0.134. The summed E-state index contributed by atoms with van der Waals surface area (Å²) in [4.78, 5) is 28.8. The lowest BCUT2D eigenvalue weighted by Crippen LogP contribution is -2.28. The molecule has 0 unspecified atom stereocenters. The fraction of sp³-hybridized carbons (Fsp3) is 0.261. The van der Waals surface area contributed by atoms with Gasteiger partial charge < -0.3 is 14.5 Å². The minimum atomic E-state index is -3.39. The Bertz CT molecular complexity index is 1310. The third-order valence-corrected chi connectivity index (χ3v) is 6.94. The average molecular weight is 467 g/mol. The molecule has 2 aliphatic rings. The maximum absolute atomic E-state index is 12.8. The fourth-order valence-corrected chi connectivity index (χ4v) is 5.14. The van der Waals surface area contributed by atoms with Crippen molar-refractivity contribution in [3.05, 3.63) is 65.0 Å². The summed E-state index contributed by atoms with van der Waals surface area (Å²) in [5.41, 5.74) is 3.07. The van der Waals surface area contributed by atoms with Crippen LogP contribution in [0.15, 0.2) is 53.9 Å². The second-order valence-electron chi connectivity index (χ2n) is 7.85. The van der Waals surface area contributed by atoms with Crippen LogP contribution in [-0.2, 0) is 26.0 Å². The largest absolute Gasteiger partial charge is 0.454 e. The van der Waals surface area contributed by atoms with Gasteiger partial charge in [-0.3, -0.25) is 9.10 Å². The number of rotatable bonds is 5. The van der Waals surface area contributed by atoms with Crippen molar-refractivity contribution in [2.45, 2.75) is 6.42 Å². The number of nitrogens with zero attached hydrogens (tertiary/aromatic N) is 4. The van der Waals surface area contributed by atoms with Gasteiger partial charge in [-0.25, -0.2) is 13.2 Å². The zero-order chi connectivity index (χ0) is 23.9. The quantitative estimate of drug-likeness (QED) is 0.374. The molecule has 0 N–H and O–H groups in total. The Morgan fingerprint density at radius 3 is 2.27 bits per heavy atom. The average Bonchev–Trinajstić information content (AvgIpc) is 3.33. The molecule has 10 heteroatoms. The van der Waals surface area contributed by atoms with Crippen LogP contribution in [0.1, 0.15) is 15.9 Å². The SMILES string of the molecule is CN1C(=C(C#N)C(=O)COC(=O)c2ccc3c(c2)CCN3S(C)(=O)=O)N(C)c2ccccc21. The van der Waals surface area contributed by atoms with E-state index >= 15 is 0 Å². The number of ketones is 1. The van der Waals surface area contributed by atoms with Gasteiger partial charge in [-0.1, -0.05) is 12.1 Å². The van der Waals surface area contributed by atoms with Gasteiger partial charge in [0.2, 0.25) is 15.8 Å². The molecule has 0 bridgehead atoms. The number of para-hydroxylation sites is 2. The fourth-order valence-electron chi connectivity index (χ4n) is 4.19. The molecule has 0 amide bonds. The number of ether oxygens (including phenoxy) is 1. The van der Waals surface area contributed by atoms with E-state index in [1.165, 1.54) is 10.4 Å². The highest BCUT2D eigenvalue weighted by atomic mass is 32.2. The van der Waals surface area contributed by atoms with Crippen LogP contribution in [0, 0.1) is 11.3 Å². The zero-order valence-corrected chi connectivity index (χ0v) is 19.2. The lowest BCUT2D eigenvalue weighted by molar-refractivity contribution is -0.118. The molecule has 170 valence electrons. The van der Waals surface area contributed by atoms with Gasteiger partial charge in [0, 0.05) is 20.6 Å². The number of anilines is 3. The molecule has 0 atom stereocenters. The molecule has 0 radical (unpaired) electrons. The number of hydrogen-bond acceptors (Lipinski definition) is 8. The van der Waals surface area contributed by atoms with Gasteiger partial charge in [-0.2, -0.15) is 5.26 Å². The van der Waals surface area contributed by atoms with E-state index in [4.69, 9.17) is 4.74 Å². The summed E-state index contributed by atoms with van der Waals surface area (Å²) in [6.07, 6.45) is 1.61. The summed E-state index contributed by atoms with van der Waals surface area (Å²) in [6, 6.07) is 14.1. The Morgan fingerprint density at radius 2 is 1.70 bits per heavy atom. The molecule has 0 saturated heterocycles. The number of nitriles is 1. The van der Waals surface area contributed by atoms with Crippen molar-refractivity contribution in [2.75, 3.05) is 47.6 Å². The van der Waals surface area contributed by atoms with Crippen LogP contribution in [0.5, 0.6) is 0 Å². The van der Waals surface area contributed by atoms with E-state index < -0.39 is 28.4 Å². The van der Waals surface area contributed by atoms with Gasteiger partial charge in [0.05, 0.1) is 28.9 Å². The summed E-state index contributed by atoms with van der Waals surface area (Å²) in [5.74, 6) is -0.919. The summed E-state index contributed by atoms with van der Waals surface area (Å²) in [6.45, 7) is -0.274. The highest BCUT2D eigenvalue weighted by molar-refractivity contribution is 7.92. The molecule has 4 rings (SSSR count). The van der Waals surface area contributed by atoms with Crippen molar-refractivity contribution < 1.29 is 22.7 Å². The first-order valence-corrected chi connectivity index (χ1v) is 12.0. The maximum Gasteiger partial charge on any atom is 0.338 e. The van der Waals surface area contributed by atoms with E-state index in [1.807, 2.05) is 30.3 Å². The van der Waals surface area contributed by atoms with Crippen molar-refractivity contribution in [1.82, 2.24) is 0 Å². The minimum Gasteiger partial charge on any atom is -0.454 e. The van der Waals surface area contributed by atoms with E-state index in [0.29, 0.717) is 30.0 Å². The van der Waals surface area contributed by atoms with Gasteiger partial charge in [0.15, 0.2) is 6.61 Å². The van der Waals surface area contributed by atoms with Crippen LogP contribution in [0.25, 0.3) is 0 Å². The molecule has 33 heavy (non-hydrogen) atoms. The molecular formula is C23H22N4O5S. The van der Waals surface area contributed by atoms with E-state index in [-0.39, 0.29) is 11.1 Å². The Hall–Kier alpha value is -3.84. The number of benzene rings is 2. The van der Waals surface area contributed by atoms with Crippen LogP contribution in [-0.4, -0.2) is 53.7 Å². The molecule has 2 aromatic rings. The van der Waals surface area contributed by atoms with Crippen molar-refractivity contribution in [2.24, 2.45) is 0 Å². The third-order valence-electron chi connectivity index (χ3n) is 5.76. The second-order valence-corrected chi connectivity index (χ2v) is 9.75. The molecule has 0 saturated carbocycles. The Kier molecular flexibility index (Phi) is 5.59. The summed E-state index contributed by atoms with van der Waals surface area (Å²) >= 11 is 0. The standard InChI is InChI=1S/C23H22N4O5S/c1-25-19-6-4-5-7-20(19)26(2)22(25)17(13-24)21(28)14-32-23(29)16-8-9-18-15(12-16)10-11-27(18)33(3,30)31/h4-9,12H,10-11,14H2,1-3H3. The second kappa shape index (κ2) is 8.26. The predicted molar refractivity (Wildman–Crippen MR) is 124 cm³/mol. The number of carbonyl (C=O) groups excluding carboxylic acids is 2. The molecule has 0 spiro atoms. The van der Waals surface area contributed by atoms with Crippen LogP contribution in [0.2, 0.25) is 0 Å². The van der Waals surface area contributed by atoms with Gasteiger partial charge >= 0.3 is 5.97 Å². The molecule has 2 aromatic carbocycles. The predicted octanol–water partition coefficient (Wildman–Crippen LogP) is 2.06. The van der Waals surface area contributed by atoms with Crippen LogP contribution < -0.4 is 14.1 Å². The van der Waals surface area contributed by atoms with Crippen molar-refractivity contribution in [1.29, 1.82) is 5.26 Å². The van der Waals surface area contributed by atoms with Gasteiger partial charge in [0.25, 0.3) is 0 Å². The zero-order valence-electron chi connectivity index (χ0n) is 18.4. The van der Waals surface area contributed by atoms with Crippen molar-refractivity contribution >= 4 is 38.8 Å². The third kappa shape index (κ3) is 3.91. The van der Waals surface area contributed by atoms with Gasteiger partial charge in [0.1, 0.15) is 17.5 Å². The van der Waals surface area contributed by atoms with Crippen molar-refractivity contribution in [3.63, 3.8) is 0 Å².